The van der Waals surface area contributed by atoms with E-state index in [1.165, 1.54) is 0 Å². The normalized spacial score (nSPS) is 8.11. The summed E-state index contributed by atoms with van der Waals surface area (Å²) in [5.74, 6) is 0. The number of hydrogen-bond acceptors (Lipinski definition) is 1. The van der Waals surface area contributed by atoms with Crippen molar-refractivity contribution >= 4 is 23.3 Å². The molecule has 1 aromatic carbocycles. The molecule has 9 heavy (non-hydrogen) atoms. The molecule has 0 atom stereocenters. The first-order valence-corrected chi connectivity index (χ1v) is 2.62. The van der Waals surface area contributed by atoms with Crippen LogP contribution in [0.2, 0.25) is 0 Å². The summed E-state index contributed by atoms with van der Waals surface area (Å²) < 4.78 is 0. The van der Waals surface area contributed by atoms with Crippen molar-refractivity contribution in [3.05, 3.63) is 29.8 Å². The molecular formula is C7H9GeN. The zero-order valence-corrected chi connectivity index (χ0v) is 7.48. The van der Waals surface area contributed by atoms with Crippen LogP contribution in [0.1, 0.15) is 5.56 Å². The SMILES string of the molecule is Cc1ccccc1N.[Ge]. The summed E-state index contributed by atoms with van der Waals surface area (Å²) in [6.07, 6.45) is 0. The maximum absolute atomic E-state index is 5.52. The average molecular weight is 180 g/mol. The van der Waals surface area contributed by atoms with Crippen LogP contribution in [0, 0.1) is 6.92 Å². The molecule has 0 amide bonds. The van der Waals surface area contributed by atoms with Crippen molar-refractivity contribution in [2.45, 2.75) is 6.92 Å². The van der Waals surface area contributed by atoms with Crippen LogP contribution in [0.25, 0.3) is 0 Å². The van der Waals surface area contributed by atoms with Gasteiger partial charge in [-0.1, -0.05) is 18.2 Å². The molecule has 0 aromatic heterocycles. The first kappa shape index (κ1) is 8.56. The minimum atomic E-state index is 0. The smallest absolute Gasteiger partial charge is 0.0343 e. The maximum atomic E-state index is 5.52. The van der Waals surface area contributed by atoms with E-state index in [0.29, 0.717) is 0 Å². The Morgan fingerprint density at radius 2 is 1.78 bits per heavy atom. The molecule has 0 saturated heterocycles. The molecule has 2 heteroatoms. The Balaban J connectivity index is 0.000000640. The van der Waals surface area contributed by atoms with E-state index >= 15 is 0 Å². The Labute approximate surface area is 66.2 Å². The zero-order chi connectivity index (χ0) is 5.98. The van der Waals surface area contributed by atoms with E-state index in [1.54, 1.807) is 0 Å². The van der Waals surface area contributed by atoms with Crippen molar-refractivity contribution < 1.29 is 0 Å². The molecule has 1 rings (SSSR count). The van der Waals surface area contributed by atoms with Crippen molar-refractivity contribution in [3.8, 4) is 0 Å². The summed E-state index contributed by atoms with van der Waals surface area (Å²) in [5, 5.41) is 0. The van der Waals surface area contributed by atoms with Crippen LogP contribution < -0.4 is 5.73 Å². The first-order chi connectivity index (χ1) is 3.80. The molecular weight excluding hydrogens is 171 g/mol. The van der Waals surface area contributed by atoms with Gasteiger partial charge in [0.15, 0.2) is 0 Å². The topological polar surface area (TPSA) is 26.0 Å². The fraction of sp³-hybridized carbons (Fsp3) is 0.143. The van der Waals surface area contributed by atoms with Gasteiger partial charge in [0.05, 0.1) is 0 Å². The molecule has 0 spiro atoms. The van der Waals surface area contributed by atoms with Crippen LogP contribution in [0.15, 0.2) is 24.3 Å². The summed E-state index contributed by atoms with van der Waals surface area (Å²) >= 11 is 0. The molecule has 0 unspecified atom stereocenters. The number of para-hydroxylation sites is 1. The summed E-state index contributed by atoms with van der Waals surface area (Å²) in [5.41, 5.74) is 7.53. The number of hydrogen-bond donors (Lipinski definition) is 1. The summed E-state index contributed by atoms with van der Waals surface area (Å²) in [6, 6.07) is 7.80. The molecule has 0 saturated carbocycles. The van der Waals surface area contributed by atoms with Gasteiger partial charge in [0.1, 0.15) is 0 Å². The standard InChI is InChI=1S/C7H9N.Ge/c1-6-4-2-3-5-7(6)8;/h2-5H,8H2,1H3;. The maximum Gasteiger partial charge on any atom is 0.0343 e. The van der Waals surface area contributed by atoms with Crippen LogP contribution in [0.5, 0.6) is 0 Å². The van der Waals surface area contributed by atoms with Gasteiger partial charge < -0.3 is 5.73 Å². The van der Waals surface area contributed by atoms with Crippen LogP contribution in [0.4, 0.5) is 5.69 Å². The fourth-order valence-electron chi connectivity index (χ4n) is 0.587. The predicted molar refractivity (Wildman–Crippen MR) is 41.3 cm³/mol. The molecule has 0 aliphatic carbocycles. The van der Waals surface area contributed by atoms with Gasteiger partial charge in [-0.25, -0.2) is 0 Å². The molecule has 0 bridgehead atoms. The number of nitrogens with two attached hydrogens (primary N) is 1. The van der Waals surface area contributed by atoms with Gasteiger partial charge in [0, 0.05) is 23.3 Å². The van der Waals surface area contributed by atoms with E-state index in [4.69, 9.17) is 5.73 Å². The van der Waals surface area contributed by atoms with Crippen molar-refractivity contribution in [3.63, 3.8) is 0 Å². The van der Waals surface area contributed by atoms with E-state index in [0.717, 1.165) is 11.3 Å². The number of benzene rings is 1. The molecule has 1 nitrogen and oxygen atoms in total. The predicted octanol–water partition coefficient (Wildman–Crippen LogP) is 1.20. The van der Waals surface area contributed by atoms with Gasteiger partial charge in [-0.05, 0) is 18.6 Å². The van der Waals surface area contributed by atoms with Gasteiger partial charge in [0.25, 0.3) is 0 Å². The monoisotopic (exact) mass is 181 g/mol. The zero-order valence-electron chi connectivity index (χ0n) is 5.39. The summed E-state index contributed by atoms with van der Waals surface area (Å²) in [7, 11) is 0. The quantitative estimate of drug-likeness (QED) is 0.470. The van der Waals surface area contributed by atoms with Gasteiger partial charge >= 0.3 is 0 Å². The van der Waals surface area contributed by atoms with E-state index in [1.807, 2.05) is 31.2 Å². The molecule has 1 aromatic rings. The molecule has 4 radical (unpaired) electrons. The van der Waals surface area contributed by atoms with E-state index in [9.17, 15) is 0 Å². The fourth-order valence-corrected chi connectivity index (χ4v) is 0.587. The van der Waals surface area contributed by atoms with E-state index in [-0.39, 0.29) is 17.6 Å². The molecule has 46 valence electrons. The van der Waals surface area contributed by atoms with Gasteiger partial charge in [-0.2, -0.15) is 0 Å². The number of rotatable bonds is 0. The Morgan fingerprint density at radius 1 is 1.22 bits per heavy atom. The van der Waals surface area contributed by atoms with Crippen LogP contribution in [-0.4, -0.2) is 17.6 Å². The largest absolute Gasteiger partial charge is 0.399 e. The average Bonchev–Trinajstić information content (AvgIpc) is 1.77. The Morgan fingerprint density at radius 3 is 2.11 bits per heavy atom. The number of anilines is 1. The van der Waals surface area contributed by atoms with Crippen molar-refractivity contribution in [2.75, 3.05) is 5.73 Å². The second-order valence-electron chi connectivity index (χ2n) is 1.86. The van der Waals surface area contributed by atoms with Gasteiger partial charge in [0.2, 0.25) is 0 Å². The minimum absolute atomic E-state index is 0. The van der Waals surface area contributed by atoms with Gasteiger partial charge in [-0.3, -0.25) is 0 Å². The molecule has 0 fully saturated rings. The molecule has 0 heterocycles. The van der Waals surface area contributed by atoms with Crippen molar-refractivity contribution in [1.82, 2.24) is 0 Å². The van der Waals surface area contributed by atoms with Gasteiger partial charge in [-0.15, -0.1) is 0 Å². The summed E-state index contributed by atoms with van der Waals surface area (Å²) in [4.78, 5) is 0. The third kappa shape index (κ3) is 2.10. The molecule has 2 N–H and O–H groups in total. The van der Waals surface area contributed by atoms with Crippen LogP contribution >= 0.6 is 0 Å². The Bertz CT molecular complexity index is 165. The number of nitrogen functional groups attached to an aromatic ring is 1. The minimum Gasteiger partial charge on any atom is -0.399 e. The first-order valence-electron chi connectivity index (χ1n) is 2.62. The Hall–Kier alpha value is -0.437. The second-order valence-corrected chi connectivity index (χ2v) is 1.86. The number of aryl methyl sites for hydroxylation is 1. The molecule has 0 aliphatic heterocycles. The van der Waals surface area contributed by atoms with Crippen molar-refractivity contribution in [1.29, 1.82) is 0 Å². The van der Waals surface area contributed by atoms with E-state index in [2.05, 4.69) is 0 Å². The summed E-state index contributed by atoms with van der Waals surface area (Å²) in [6.45, 7) is 2.00. The van der Waals surface area contributed by atoms with E-state index < -0.39 is 0 Å². The third-order valence-electron chi connectivity index (χ3n) is 1.19. The Kier molecular flexibility index (Phi) is 3.39. The second kappa shape index (κ2) is 3.56. The van der Waals surface area contributed by atoms with Crippen LogP contribution in [-0.2, 0) is 0 Å². The van der Waals surface area contributed by atoms with Crippen molar-refractivity contribution in [2.24, 2.45) is 0 Å². The van der Waals surface area contributed by atoms with Crippen LogP contribution in [0.3, 0.4) is 0 Å². The third-order valence-corrected chi connectivity index (χ3v) is 1.19. The molecule has 0 aliphatic rings.